The number of rotatable bonds is 4. The number of benzene rings is 1. The number of hydrogen-bond acceptors (Lipinski definition) is 5. The van der Waals surface area contributed by atoms with E-state index in [1.165, 1.54) is 6.07 Å². The van der Waals surface area contributed by atoms with Crippen molar-refractivity contribution in [3.63, 3.8) is 0 Å². The van der Waals surface area contributed by atoms with E-state index in [1.807, 2.05) is 0 Å². The molecule has 1 aromatic carbocycles. The Bertz CT molecular complexity index is 553. The molecule has 0 fully saturated rings. The topological polar surface area (TPSA) is 77.0 Å². The number of nitrogens with one attached hydrogen (secondary N) is 1. The summed E-state index contributed by atoms with van der Waals surface area (Å²) >= 11 is 0. The van der Waals surface area contributed by atoms with Crippen molar-refractivity contribution in [1.29, 1.82) is 0 Å². The van der Waals surface area contributed by atoms with Gasteiger partial charge in [0.2, 0.25) is 5.89 Å². The van der Waals surface area contributed by atoms with Gasteiger partial charge in [-0.2, -0.15) is 4.98 Å². The normalized spacial score (nSPS) is 10.6. The Morgan fingerprint density at radius 1 is 1.39 bits per heavy atom. The summed E-state index contributed by atoms with van der Waals surface area (Å²) in [5.74, 6) is 0.880. The summed E-state index contributed by atoms with van der Waals surface area (Å²) < 4.78 is 18.2. The average Bonchev–Trinajstić information content (AvgIpc) is 2.71. The van der Waals surface area contributed by atoms with Crippen molar-refractivity contribution >= 4 is 11.4 Å². The second kappa shape index (κ2) is 5.03. The number of anilines is 2. The van der Waals surface area contributed by atoms with E-state index >= 15 is 0 Å². The first kappa shape index (κ1) is 12.3. The van der Waals surface area contributed by atoms with Gasteiger partial charge in [-0.3, -0.25) is 0 Å². The smallest absolute Gasteiger partial charge is 0.228 e. The van der Waals surface area contributed by atoms with Crippen molar-refractivity contribution in [2.24, 2.45) is 0 Å². The molecule has 0 saturated heterocycles. The van der Waals surface area contributed by atoms with Crippen molar-refractivity contribution in [3.8, 4) is 0 Å². The number of aryl methyl sites for hydroxylation is 2. The van der Waals surface area contributed by atoms with Gasteiger partial charge >= 0.3 is 0 Å². The highest BCUT2D eigenvalue weighted by atomic mass is 19.1. The van der Waals surface area contributed by atoms with E-state index in [-0.39, 0.29) is 5.82 Å². The van der Waals surface area contributed by atoms with Crippen LogP contribution >= 0.6 is 0 Å². The van der Waals surface area contributed by atoms with Crippen LogP contribution in [0.4, 0.5) is 15.8 Å². The van der Waals surface area contributed by atoms with Crippen LogP contribution in [0.3, 0.4) is 0 Å². The summed E-state index contributed by atoms with van der Waals surface area (Å²) in [6, 6.07) is 3.00. The second-order valence-electron chi connectivity index (χ2n) is 4.10. The first-order chi connectivity index (χ1) is 8.56. The number of nitrogens with two attached hydrogens (primary N) is 1. The first-order valence-corrected chi connectivity index (χ1v) is 5.65. The van der Waals surface area contributed by atoms with Gasteiger partial charge in [-0.1, -0.05) is 5.16 Å². The van der Waals surface area contributed by atoms with Gasteiger partial charge in [0.1, 0.15) is 5.82 Å². The van der Waals surface area contributed by atoms with Gasteiger partial charge in [-0.15, -0.1) is 0 Å². The highest BCUT2D eigenvalue weighted by molar-refractivity contribution is 5.67. The third-order valence-electron chi connectivity index (χ3n) is 2.55. The van der Waals surface area contributed by atoms with Crippen LogP contribution in [-0.2, 0) is 6.42 Å². The lowest BCUT2D eigenvalue weighted by atomic mass is 10.2. The maximum atomic E-state index is 13.2. The minimum absolute atomic E-state index is 0.300. The largest absolute Gasteiger partial charge is 0.397 e. The van der Waals surface area contributed by atoms with Crippen LogP contribution in [0.15, 0.2) is 16.7 Å². The summed E-state index contributed by atoms with van der Waals surface area (Å²) in [6.07, 6.45) is 0.594. The minimum Gasteiger partial charge on any atom is -0.397 e. The molecule has 0 radical (unpaired) electrons. The van der Waals surface area contributed by atoms with Crippen LogP contribution < -0.4 is 11.1 Å². The molecule has 1 aromatic heterocycles. The maximum absolute atomic E-state index is 13.2. The van der Waals surface area contributed by atoms with Crippen LogP contribution in [0.25, 0.3) is 0 Å². The lowest BCUT2D eigenvalue weighted by Crippen LogP contribution is -2.08. The molecule has 1 heterocycles. The highest BCUT2D eigenvalue weighted by Gasteiger charge is 2.06. The third kappa shape index (κ3) is 2.77. The molecule has 0 bridgehead atoms. The Morgan fingerprint density at radius 3 is 2.83 bits per heavy atom. The fourth-order valence-corrected chi connectivity index (χ4v) is 1.60. The van der Waals surface area contributed by atoms with Crippen molar-refractivity contribution < 1.29 is 8.91 Å². The van der Waals surface area contributed by atoms with E-state index in [0.29, 0.717) is 41.6 Å². The molecule has 5 nitrogen and oxygen atoms in total. The van der Waals surface area contributed by atoms with E-state index in [1.54, 1.807) is 19.9 Å². The Morgan fingerprint density at radius 2 is 2.17 bits per heavy atom. The number of halogens is 1. The molecule has 0 aliphatic carbocycles. The van der Waals surface area contributed by atoms with E-state index in [0.717, 1.165) is 0 Å². The van der Waals surface area contributed by atoms with Crippen molar-refractivity contribution in [2.45, 2.75) is 20.3 Å². The van der Waals surface area contributed by atoms with E-state index in [4.69, 9.17) is 10.3 Å². The van der Waals surface area contributed by atoms with Gasteiger partial charge in [0.05, 0.1) is 11.4 Å². The lowest BCUT2D eigenvalue weighted by Gasteiger charge is -2.09. The summed E-state index contributed by atoms with van der Waals surface area (Å²) in [7, 11) is 0. The second-order valence-corrected chi connectivity index (χ2v) is 4.10. The standard InChI is InChI=1S/C12H15FN4O/c1-7-5-11(10(14)6-9(7)13)15-4-3-12-16-8(2)17-18-12/h5-6,15H,3-4,14H2,1-2H3. The average molecular weight is 250 g/mol. The number of nitrogen functional groups attached to an aromatic ring is 1. The van der Waals surface area contributed by atoms with Crippen molar-refractivity contribution in [2.75, 3.05) is 17.6 Å². The zero-order chi connectivity index (χ0) is 13.1. The fraction of sp³-hybridized carbons (Fsp3) is 0.333. The minimum atomic E-state index is -0.300. The molecule has 0 atom stereocenters. The van der Waals surface area contributed by atoms with Crippen LogP contribution in [-0.4, -0.2) is 16.7 Å². The molecular formula is C12H15FN4O. The molecule has 18 heavy (non-hydrogen) atoms. The monoisotopic (exact) mass is 250 g/mol. The lowest BCUT2D eigenvalue weighted by molar-refractivity contribution is 0.377. The number of nitrogens with zero attached hydrogens (tertiary/aromatic N) is 2. The molecule has 0 aliphatic rings. The molecule has 96 valence electrons. The highest BCUT2D eigenvalue weighted by Crippen LogP contribution is 2.22. The predicted octanol–water partition coefficient (Wildman–Crippen LogP) is 2.06. The predicted molar refractivity (Wildman–Crippen MR) is 66.8 cm³/mol. The summed E-state index contributed by atoms with van der Waals surface area (Å²) in [5.41, 5.74) is 7.38. The van der Waals surface area contributed by atoms with Gasteiger partial charge in [-0.25, -0.2) is 4.39 Å². The summed E-state index contributed by atoms with van der Waals surface area (Å²) in [6.45, 7) is 4.06. The molecule has 2 aromatic rings. The quantitative estimate of drug-likeness (QED) is 0.812. The molecule has 2 rings (SSSR count). The van der Waals surface area contributed by atoms with Crippen molar-refractivity contribution in [3.05, 3.63) is 35.2 Å². The Balaban J connectivity index is 1.96. The molecule has 6 heteroatoms. The molecule has 0 aliphatic heterocycles. The number of aromatic nitrogens is 2. The Hall–Kier alpha value is -2.11. The van der Waals surface area contributed by atoms with Gasteiger partial charge in [0.25, 0.3) is 0 Å². The summed E-state index contributed by atoms with van der Waals surface area (Å²) in [5, 5.41) is 6.82. The van der Waals surface area contributed by atoms with Gasteiger partial charge in [-0.05, 0) is 31.5 Å². The van der Waals surface area contributed by atoms with Crippen LogP contribution in [0.1, 0.15) is 17.3 Å². The zero-order valence-corrected chi connectivity index (χ0v) is 10.3. The molecule has 0 spiro atoms. The van der Waals surface area contributed by atoms with Gasteiger partial charge in [0.15, 0.2) is 5.82 Å². The molecule has 0 amide bonds. The Kier molecular flexibility index (Phi) is 3.45. The van der Waals surface area contributed by atoms with Crippen LogP contribution in [0, 0.1) is 19.7 Å². The van der Waals surface area contributed by atoms with Gasteiger partial charge < -0.3 is 15.6 Å². The van der Waals surface area contributed by atoms with Crippen molar-refractivity contribution in [1.82, 2.24) is 10.1 Å². The van der Waals surface area contributed by atoms with E-state index < -0.39 is 0 Å². The first-order valence-electron chi connectivity index (χ1n) is 5.65. The third-order valence-corrected chi connectivity index (χ3v) is 2.55. The number of hydrogen-bond donors (Lipinski definition) is 2. The van der Waals surface area contributed by atoms with Crippen LogP contribution in [0.5, 0.6) is 0 Å². The molecule has 0 unspecified atom stereocenters. The van der Waals surface area contributed by atoms with E-state index in [2.05, 4.69) is 15.5 Å². The summed E-state index contributed by atoms with van der Waals surface area (Å²) in [4.78, 5) is 4.09. The fourth-order valence-electron chi connectivity index (χ4n) is 1.60. The maximum Gasteiger partial charge on any atom is 0.228 e. The van der Waals surface area contributed by atoms with E-state index in [9.17, 15) is 4.39 Å². The molecule has 0 saturated carbocycles. The van der Waals surface area contributed by atoms with Gasteiger partial charge in [0, 0.05) is 13.0 Å². The molecular weight excluding hydrogens is 235 g/mol. The van der Waals surface area contributed by atoms with Crippen LogP contribution in [0.2, 0.25) is 0 Å². The Labute approximate surface area is 104 Å². The zero-order valence-electron chi connectivity index (χ0n) is 10.3. The molecule has 3 N–H and O–H groups in total. The SMILES string of the molecule is Cc1noc(CCNc2cc(C)c(F)cc2N)n1.